The van der Waals surface area contributed by atoms with Gasteiger partial charge >= 0.3 is 12.1 Å². The van der Waals surface area contributed by atoms with E-state index in [9.17, 15) is 9.59 Å². The highest BCUT2D eigenvalue weighted by Gasteiger charge is 2.11. The molecule has 1 aromatic rings. The maximum absolute atomic E-state index is 11.6. The topological polar surface area (TPSA) is 98.8 Å². The van der Waals surface area contributed by atoms with E-state index in [1.165, 1.54) is 76.0 Å². The van der Waals surface area contributed by atoms with E-state index in [2.05, 4.69) is 6.92 Å². The summed E-state index contributed by atoms with van der Waals surface area (Å²) in [6.07, 6.45) is 14.1. The molecule has 3 N–H and O–H groups in total. The van der Waals surface area contributed by atoms with Crippen LogP contribution in [0, 0.1) is 0 Å². The molecule has 0 atom stereocenters. The van der Waals surface area contributed by atoms with Crippen LogP contribution in [0.2, 0.25) is 0 Å². The van der Waals surface area contributed by atoms with Crippen LogP contribution in [0.25, 0.3) is 0 Å². The number of rotatable bonds is 15. The summed E-state index contributed by atoms with van der Waals surface area (Å²) in [5, 5.41) is 8.91. The second kappa shape index (κ2) is 14.8. The Morgan fingerprint density at radius 2 is 1.43 bits per heavy atom. The summed E-state index contributed by atoms with van der Waals surface area (Å²) >= 11 is 0. The van der Waals surface area contributed by atoms with Crippen molar-refractivity contribution in [2.75, 3.05) is 12.3 Å². The van der Waals surface area contributed by atoms with Gasteiger partial charge in [0.05, 0.1) is 12.2 Å². The van der Waals surface area contributed by atoms with Crippen molar-refractivity contribution >= 4 is 17.8 Å². The SMILES string of the molecule is CCCCCCCCCCCCCCOC(=O)Oc1ccc(C(=O)O)c(N)c1. The average Bonchev–Trinajstić information content (AvgIpc) is 2.65. The van der Waals surface area contributed by atoms with Gasteiger partial charge in [-0.3, -0.25) is 0 Å². The largest absolute Gasteiger partial charge is 0.513 e. The molecular formula is C22H35NO5. The van der Waals surface area contributed by atoms with Crippen LogP contribution in [-0.4, -0.2) is 23.8 Å². The van der Waals surface area contributed by atoms with Crippen molar-refractivity contribution in [3.05, 3.63) is 23.8 Å². The summed E-state index contributed by atoms with van der Waals surface area (Å²) in [5.74, 6) is -0.958. The molecule has 0 aliphatic rings. The van der Waals surface area contributed by atoms with E-state index in [4.69, 9.17) is 20.3 Å². The van der Waals surface area contributed by atoms with Gasteiger partial charge in [-0.05, 0) is 18.6 Å². The minimum atomic E-state index is -1.13. The molecule has 158 valence electrons. The predicted octanol–water partition coefficient (Wildman–Crippen LogP) is 6.18. The van der Waals surface area contributed by atoms with Crippen molar-refractivity contribution in [2.45, 2.75) is 84.0 Å². The number of benzene rings is 1. The number of ether oxygens (including phenoxy) is 2. The number of hydrogen-bond acceptors (Lipinski definition) is 5. The highest BCUT2D eigenvalue weighted by Crippen LogP contribution is 2.20. The summed E-state index contributed by atoms with van der Waals surface area (Å²) in [5.41, 5.74) is 5.62. The molecule has 0 saturated carbocycles. The zero-order valence-electron chi connectivity index (χ0n) is 17.1. The number of hydrogen-bond donors (Lipinski definition) is 2. The van der Waals surface area contributed by atoms with Crippen LogP contribution in [0.15, 0.2) is 18.2 Å². The lowest BCUT2D eigenvalue weighted by Gasteiger charge is -2.07. The maximum atomic E-state index is 11.6. The second-order valence-corrected chi connectivity index (χ2v) is 7.14. The number of nitrogens with two attached hydrogens (primary N) is 1. The molecular weight excluding hydrogens is 358 g/mol. The van der Waals surface area contributed by atoms with E-state index in [-0.39, 0.29) is 17.0 Å². The van der Waals surface area contributed by atoms with Crippen LogP contribution >= 0.6 is 0 Å². The molecule has 28 heavy (non-hydrogen) atoms. The third kappa shape index (κ3) is 10.8. The molecule has 0 fully saturated rings. The first-order valence-electron chi connectivity index (χ1n) is 10.5. The highest BCUT2D eigenvalue weighted by atomic mass is 16.7. The third-order valence-corrected chi connectivity index (χ3v) is 4.67. The van der Waals surface area contributed by atoms with Gasteiger partial charge in [-0.15, -0.1) is 0 Å². The summed E-state index contributed by atoms with van der Waals surface area (Å²) < 4.78 is 10.0. The number of unbranched alkanes of at least 4 members (excludes halogenated alkanes) is 11. The van der Waals surface area contributed by atoms with E-state index in [1.807, 2.05) is 0 Å². The van der Waals surface area contributed by atoms with Gasteiger partial charge in [0.1, 0.15) is 5.75 Å². The number of carboxylic acids is 1. The number of aromatic carboxylic acids is 1. The molecule has 0 aromatic heterocycles. The number of carbonyl (C=O) groups excluding carboxylic acids is 1. The lowest BCUT2D eigenvalue weighted by atomic mass is 10.1. The van der Waals surface area contributed by atoms with Gasteiger partial charge in [-0.25, -0.2) is 9.59 Å². The Morgan fingerprint density at radius 1 is 0.893 bits per heavy atom. The van der Waals surface area contributed by atoms with Crippen molar-refractivity contribution < 1.29 is 24.2 Å². The highest BCUT2D eigenvalue weighted by molar-refractivity contribution is 5.93. The fraction of sp³-hybridized carbons (Fsp3) is 0.636. The maximum Gasteiger partial charge on any atom is 0.513 e. The van der Waals surface area contributed by atoms with Crippen LogP contribution in [0.4, 0.5) is 10.5 Å². The Hall–Kier alpha value is -2.24. The Labute approximate surface area is 168 Å². The summed E-state index contributed by atoms with van der Waals surface area (Å²) in [6, 6.07) is 3.98. The summed E-state index contributed by atoms with van der Waals surface area (Å²) in [4.78, 5) is 22.5. The van der Waals surface area contributed by atoms with E-state index in [0.29, 0.717) is 6.61 Å². The molecule has 0 bridgehead atoms. The van der Waals surface area contributed by atoms with Gasteiger partial charge in [0.2, 0.25) is 0 Å². The first-order chi connectivity index (χ1) is 13.5. The Balaban J connectivity index is 2.00. The van der Waals surface area contributed by atoms with E-state index < -0.39 is 12.1 Å². The van der Waals surface area contributed by atoms with E-state index >= 15 is 0 Å². The molecule has 0 amide bonds. The van der Waals surface area contributed by atoms with Gasteiger partial charge < -0.3 is 20.3 Å². The molecule has 0 spiro atoms. The Kier molecular flexibility index (Phi) is 12.6. The minimum absolute atomic E-state index is 0.0304. The number of anilines is 1. The molecule has 0 saturated heterocycles. The predicted molar refractivity (Wildman–Crippen MR) is 111 cm³/mol. The van der Waals surface area contributed by atoms with Gasteiger partial charge in [-0.2, -0.15) is 0 Å². The lowest BCUT2D eigenvalue weighted by molar-refractivity contribution is 0.0698. The van der Waals surface area contributed by atoms with Crippen LogP contribution in [0.5, 0.6) is 5.75 Å². The lowest BCUT2D eigenvalue weighted by Crippen LogP contribution is -2.12. The van der Waals surface area contributed by atoms with Crippen molar-refractivity contribution in [1.82, 2.24) is 0 Å². The van der Waals surface area contributed by atoms with Gasteiger partial charge in [0.25, 0.3) is 0 Å². The number of nitrogen functional groups attached to an aromatic ring is 1. The number of carbonyl (C=O) groups is 2. The normalized spacial score (nSPS) is 10.6. The fourth-order valence-corrected chi connectivity index (χ4v) is 3.02. The number of carboxylic acid groups (broad SMARTS) is 1. The molecule has 0 unspecified atom stereocenters. The smallest absolute Gasteiger partial charge is 0.478 e. The average molecular weight is 394 g/mol. The Morgan fingerprint density at radius 3 is 1.93 bits per heavy atom. The van der Waals surface area contributed by atoms with Crippen LogP contribution < -0.4 is 10.5 Å². The van der Waals surface area contributed by atoms with Crippen molar-refractivity contribution in [2.24, 2.45) is 0 Å². The molecule has 0 radical (unpaired) electrons. The molecule has 1 rings (SSSR count). The molecule has 1 aromatic carbocycles. The standard InChI is InChI=1S/C22H35NO5/c1-2-3-4-5-6-7-8-9-10-11-12-13-16-27-22(26)28-18-14-15-19(21(24)25)20(23)17-18/h14-15,17H,2-13,16,23H2,1H3,(H,24,25). The molecule has 6 heteroatoms. The second-order valence-electron chi connectivity index (χ2n) is 7.14. The zero-order chi connectivity index (χ0) is 20.6. The van der Waals surface area contributed by atoms with Crippen molar-refractivity contribution in [3.8, 4) is 5.75 Å². The van der Waals surface area contributed by atoms with Gasteiger partial charge in [-0.1, -0.05) is 77.6 Å². The van der Waals surface area contributed by atoms with Gasteiger partial charge in [0.15, 0.2) is 0 Å². The quantitative estimate of drug-likeness (QED) is 0.160. The van der Waals surface area contributed by atoms with Gasteiger partial charge in [0, 0.05) is 11.8 Å². The van der Waals surface area contributed by atoms with E-state index in [0.717, 1.165) is 19.3 Å². The molecule has 6 nitrogen and oxygen atoms in total. The first kappa shape index (κ1) is 23.8. The monoisotopic (exact) mass is 393 g/mol. The Bertz CT molecular complexity index is 588. The summed E-state index contributed by atoms with van der Waals surface area (Å²) in [7, 11) is 0. The first-order valence-corrected chi connectivity index (χ1v) is 10.5. The molecule has 0 aliphatic carbocycles. The van der Waals surface area contributed by atoms with Crippen molar-refractivity contribution in [1.29, 1.82) is 0 Å². The van der Waals surface area contributed by atoms with E-state index in [1.54, 1.807) is 0 Å². The van der Waals surface area contributed by atoms with Crippen LogP contribution in [-0.2, 0) is 4.74 Å². The molecule has 0 aliphatic heterocycles. The third-order valence-electron chi connectivity index (χ3n) is 4.67. The fourth-order valence-electron chi connectivity index (χ4n) is 3.02. The van der Waals surface area contributed by atoms with Crippen molar-refractivity contribution in [3.63, 3.8) is 0 Å². The van der Waals surface area contributed by atoms with Crippen LogP contribution in [0.1, 0.15) is 94.3 Å². The summed E-state index contributed by atoms with van der Waals surface area (Å²) in [6.45, 7) is 2.56. The van der Waals surface area contributed by atoms with Crippen LogP contribution in [0.3, 0.4) is 0 Å². The molecule has 0 heterocycles. The zero-order valence-corrected chi connectivity index (χ0v) is 17.1. The minimum Gasteiger partial charge on any atom is -0.478 e.